The molecule has 0 unspecified atom stereocenters. The number of aromatic nitrogens is 2. The number of rotatable bonds is 6. The Morgan fingerprint density at radius 1 is 0.548 bits per heavy atom. The molecule has 2 aromatic heterocycles. The Hall–Kier alpha value is -3.97. The summed E-state index contributed by atoms with van der Waals surface area (Å²) >= 11 is 1.54. The molecule has 0 saturated carbocycles. The van der Waals surface area contributed by atoms with Gasteiger partial charge in [-0.1, -0.05) is 11.8 Å². The predicted octanol–water partition coefficient (Wildman–Crippen LogP) is 5.07. The van der Waals surface area contributed by atoms with Crippen LogP contribution in [0.3, 0.4) is 0 Å². The van der Waals surface area contributed by atoms with Gasteiger partial charge in [0.05, 0.1) is 11.1 Å². The lowest BCUT2D eigenvalue weighted by molar-refractivity contribution is 0.0725. The minimum atomic E-state index is -0.431. The lowest BCUT2D eigenvalue weighted by Gasteiger charge is -2.07. The van der Waals surface area contributed by atoms with Crippen LogP contribution in [0, 0.1) is 0 Å². The molecule has 0 atom stereocenters. The second-order valence-electron chi connectivity index (χ2n) is 6.30. The summed E-state index contributed by atoms with van der Waals surface area (Å²) in [7, 11) is 0. The fraction of sp³-hybridized carbons (Fsp3) is 0. The van der Waals surface area contributed by atoms with Gasteiger partial charge in [-0.25, -0.2) is 9.59 Å². The van der Waals surface area contributed by atoms with Crippen LogP contribution in [0.5, 0.6) is 11.5 Å². The molecule has 2 aromatic carbocycles. The summed E-state index contributed by atoms with van der Waals surface area (Å²) < 4.78 is 10.7. The molecule has 0 aliphatic rings. The van der Waals surface area contributed by atoms with Gasteiger partial charge < -0.3 is 9.47 Å². The molecule has 0 radical (unpaired) electrons. The first-order valence-corrected chi connectivity index (χ1v) is 10.1. The Labute approximate surface area is 182 Å². The van der Waals surface area contributed by atoms with Crippen LogP contribution in [-0.2, 0) is 0 Å². The Balaban J connectivity index is 1.34. The molecule has 0 aliphatic heterocycles. The molecular weight excluding hydrogens is 412 g/mol. The van der Waals surface area contributed by atoms with Crippen molar-refractivity contribution >= 4 is 23.7 Å². The zero-order valence-corrected chi connectivity index (χ0v) is 17.0. The molecule has 0 spiro atoms. The van der Waals surface area contributed by atoms with Crippen LogP contribution in [-0.4, -0.2) is 21.9 Å². The second kappa shape index (κ2) is 9.69. The van der Waals surface area contributed by atoms with Crippen molar-refractivity contribution in [2.75, 3.05) is 0 Å². The predicted molar refractivity (Wildman–Crippen MR) is 115 cm³/mol. The molecule has 0 N–H and O–H groups in total. The number of pyridine rings is 2. The minimum Gasteiger partial charge on any atom is -0.423 e. The molecule has 6 nitrogen and oxygen atoms in total. The molecule has 0 amide bonds. The summed E-state index contributed by atoms with van der Waals surface area (Å²) in [4.78, 5) is 33.9. The van der Waals surface area contributed by atoms with E-state index in [2.05, 4.69) is 9.97 Å². The van der Waals surface area contributed by atoms with E-state index in [1.165, 1.54) is 11.8 Å². The Morgan fingerprint density at radius 2 is 0.903 bits per heavy atom. The number of nitrogens with zero attached hydrogens (tertiary/aromatic N) is 2. The van der Waals surface area contributed by atoms with Crippen molar-refractivity contribution in [3.8, 4) is 11.5 Å². The molecule has 0 fully saturated rings. The number of ether oxygens (including phenoxy) is 2. The summed E-state index contributed by atoms with van der Waals surface area (Å²) in [6.45, 7) is 0. The Morgan fingerprint density at radius 3 is 1.26 bits per heavy atom. The van der Waals surface area contributed by atoms with Crippen molar-refractivity contribution in [3.05, 3.63) is 109 Å². The van der Waals surface area contributed by atoms with E-state index in [9.17, 15) is 9.59 Å². The maximum atomic E-state index is 12.1. The van der Waals surface area contributed by atoms with Crippen LogP contribution in [0.2, 0.25) is 0 Å². The third-order valence-electron chi connectivity index (χ3n) is 4.14. The highest BCUT2D eigenvalue weighted by atomic mass is 32.2. The zero-order chi connectivity index (χ0) is 21.5. The minimum absolute atomic E-state index is 0.431. The van der Waals surface area contributed by atoms with Crippen LogP contribution < -0.4 is 9.47 Å². The van der Waals surface area contributed by atoms with Gasteiger partial charge in [0.25, 0.3) is 0 Å². The molecule has 0 saturated heterocycles. The van der Waals surface area contributed by atoms with E-state index in [0.29, 0.717) is 22.6 Å². The maximum absolute atomic E-state index is 12.1. The fourth-order valence-corrected chi connectivity index (χ4v) is 3.41. The van der Waals surface area contributed by atoms with Gasteiger partial charge in [0, 0.05) is 34.6 Å². The van der Waals surface area contributed by atoms with Crippen LogP contribution in [0.15, 0.2) is 107 Å². The van der Waals surface area contributed by atoms with Crippen molar-refractivity contribution in [2.45, 2.75) is 9.79 Å². The first-order chi connectivity index (χ1) is 15.2. The molecular formula is C24H16N2O4S. The summed E-state index contributed by atoms with van der Waals surface area (Å²) in [6.07, 6.45) is 6.17. The molecule has 7 heteroatoms. The average Bonchev–Trinajstić information content (AvgIpc) is 2.82. The van der Waals surface area contributed by atoms with Gasteiger partial charge in [-0.2, -0.15) is 0 Å². The number of carbonyl (C=O) groups excluding carboxylic acids is 2. The highest BCUT2D eigenvalue weighted by Gasteiger charge is 2.09. The van der Waals surface area contributed by atoms with Crippen molar-refractivity contribution in [1.29, 1.82) is 0 Å². The Bertz CT molecular complexity index is 1070. The molecule has 4 rings (SSSR count). The van der Waals surface area contributed by atoms with Crippen LogP contribution >= 0.6 is 11.8 Å². The SMILES string of the molecule is O=C(Oc1ccc(Sc2ccc(OC(=O)c3ccncc3)cc2)cc1)c1ccncc1. The number of esters is 2. The van der Waals surface area contributed by atoms with Crippen LogP contribution in [0.4, 0.5) is 0 Å². The molecule has 152 valence electrons. The largest absolute Gasteiger partial charge is 0.423 e. The standard InChI is InChI=1S/C24H16N2O4S/c27-23(17-9-13-25-14-10-17)29-19-1-5-21(6-2-19)31-22-7-3-20(4-8-22)30-24(28)18-11-15-26-16-12-18/h1-16H. The molecule has 0 aliphatic carbocycles. The van der Waals surface area contributed by atoms with E-state index in [0.717, 1.165) is 9.79 Å². The smallest absolute Gasteiger partial charge is 0.343 e. The van der Waals surface area contributed by atoms with Crippen LogP contribution in [0.25, 0.3) is 0 Å². The van der Waals surface area contributed by atoms with E-state index in [1.54, 1.807) is 73.3 Å². The van der Waals surface area contributed by atoms with Crippen molar-refractivity contribution < 1.29 is 19.1 Å². The van der Waals surface area contributed by atoms with E-state index < -0.39 is 11.9 Å². The Kier molecular flexibility index (Phi) is 6.35. The van der Waals surface area contributed by atoms with Gasteiger partial charge in [0.15, 0.2) is 0 Å². The summed E-state index contributed by atoms with van der Waals surface area (Å²) in [5, 5.41) is 0. The zero-order valence-electron chi connectivity index (χ0n) is 16.2. The number of hydrogen-bond donors (Lipinski definition) is 0. The summed E-state index contributed by atoms with van der Waals surface area (Å²) in [5.74, 6) is 0.0634. The van der Waals surface area contributed by atoms with E-state index in [-0.39, 0.29) is 0 Å². The average molecular weight is 428 g/mol. The quantitative estimate of drug-likeness (QED) is 0.313. The van der Waals surface area contributed by atoms with Crippen LogP contribution in [0.1, 0.15) is 20.7 Å². The lowest BCUT2D eigenvalue weighted by atomic mass is 10.3. The van der Waals surface area contributed by atoms with Crippen molar-refractivity contribution in [2.24, 2.45) is 0 Å². The summed E-state index contributed by atoms with van der Waals surface area (Å²) in [5.41, 5.74) is 0.886. The number of benzene rings is 2. The molecule has 2 heterocycles. The normalized spacial score (nSPS) is 10.3. The van der Waals surface area contributed by atoms with Gasteiger partial charge in [-0.15, -0.1) is 0 Å². The number of carbonyl (C=O) groups is 2. The fourth-order valence-electron chi connectivity index (χ4n) is 2.60. The summed E-state index contributed by atoms with van der Waals surface area (Å²) in [6, 6.07) is 20.9. The van der Waals surface area contributed by atoms with E-state index in [4.69, 9.17) is 9.47 Å². The van der Waals surface area contributed by atoms with Gasteiger partial charge in [0.2, 0.25) is 0 Å². The third kappa shape index (κ3) is 5.55. The van der Waals surface area contributed by atoms with E-state index in [1.807, 2.05) is 24.3 Å². The monoisotopic (exact) mass is 428 g/mol. The van der Waals surface area contributed by atoms with Gasteiger partial charge >= 0.3 is 11.9 Å². The topological polar surface area (TPSA) is 78.4 Å². The molecule has 4 aromatic rings. The first kappa shape index (κ1) is 20.3. The highest BCUT2D eigenvalue weighted by molar-refractivity contribution is 7.99. The second-order valence-corrected chi connectivity index (χ2v) is 7.44. The number of hydrogen-bond acceptors (Lipinski definition) is 7. The third-order valence-corrected chi connectivity index (χ3v) is 5.15. The molecule has 31 heavy (non-hydrogen) atoms. The molecule has 0 bridgehead atoms. The van der Waals surface area contributed by atoms with Crippen molar-refractivity contribution in [1.82, 2.24) is 9.97 Å². The van der Waals surface area contributed by atoms with Gasteiger partial charge in [-0.3, -0.25) is 9.97 Å². The first-order valence-electron chi connectivity index (χ1n) is 9.30. The maximum Gasteiger partial charge on any atom is 0.343 e. The van der Waals surface area contributed by atoms with E-state index >= 15 is 0 Å². The van der Waals surface area contributed by atoms with Crippen molar-refractivity contribution in [3.63, 3.8) is 0 Å². The highest BCUT2D eigenvalue weighted by Crippen LogP contribution is 2.30. The lowest BCUT2D eigenvalue weighted by Crippen LogP contribution is -2.08. The van der Waals surface area contributed by atoms with Gasteiger partial charge in [-0.05, 0) is 72.8 Å². The van der Waals surface area contributed by atoms with Gasteiger partial charge in [0.1, 0.15) is 11.5 Å².